The van der Waals surface area contributed by atoms with Gasteiger partial charge in [0.1, 0.15) is 5.82 Å². The molecule has 0 amide bonds. The first-order valence-electron chi connectivity index (χ1n) is 4.49. The summed E-state index contributed by atoms with van der Waals surface area (Å²) >= 11 is 0. The minimum absolute atomic E-state index is 0.297. The number of nitrogen functional groups attached to an aromatic ring is 1. The Kier molecular flexibility index (Phi) is 2.49. The predicted octanol–water partition coefficient (Wildman–Crippen LogP) is 2.55. The molecular formula is C11H10FN3. The van der Waals surface area contributed by atoms with Gasteiger partial charge in [-0.25, -0.2) is 9.37 Å². The smallest absolute Gasteiger partial charge is 0.153 e. The maximum absolute atomic E-state index is 12.9. The molecule has 0 saturated carbocycles. The molecule has 1 aromatic heterocycles. The second kappa shape index (κ2) is 3.96. The Morgan fingerprint density at radius 3 is 2.80 bits per heavy atom. The van der Waals surface area contributed by atoms with Gasteiger partial charge in [-0.05, 0) is 30.3 Å². The predicted molar refractivity (Wildman–Crippen MR) is 58.3 cm³/mol. The summed E-state index contributed by atoms with van der Waals surface area (Å²) in [5.41, 5.74) is 6.84. The minimum Gasteiger partial charge on any atom is -0.396 e. The van der Waals surface area contributed by atoms with Crippen LogP contribution in [0, 0.1) is 5.82 Å². The van der Waals surface area contributed by atoms with Crippen LogP contribution in [0.15, 0.2) is 42.6 Å². The van der Waals surface area contributed by atoms with Crippen LogP contribution in [0.25, 0.3) is 0 Å². The summed E-state index contributed by atoms with van der Waals surface area (Å²) in [5, 5.41) is 2.94. The Labute approximate surface area is 86.8 Å². The molecule has 3 N–H and O–H groups in total. The van der Waals surface area contributed by atoms with Gasteiger partial charge in [0.2, 0.25) is 0 Å². The molecule has 0 bridgehead atoms. The van der Waals surface area contributed by atoms with Crippen LogP contribution in [0.4, 0.5) is 21.6 Å². The van der Waals surface area contributed by atoms with Crippen LogP contribution in [-0.2, 0) is 0 Å². The van der Waals surface area contributed by atoms with Crippen molar-refractivity contribution in [2.45, 2.75) is 0 Å². The lowest BCUT2D eigenvalue weighted by Crippen LogP contribution is -1.98. The molecule has 4 heteroatoms. The molecule has 1 aromatic carbocycles. The number of hydrogen-bond donors (Lipinski definition) is 2. The van der Waals surface area contributed by atoms with Crippen LogP contribution in [-0.4, -0.2) is 4.98 Å². The van der Waals surface area contributed by atoms with E-state index in [1.165, 1.54) is 12.1 Å². The zero-order valence-corrected chi connectivity index (χ0v) is 7.94. The van der Waals surface area contributed by atoms with Crippen molar-refractivity contribution in [1.82, 2.24) is 4.98 Å². The molecule has 0 unspecified atom stereocenters. The maximum atomic E-state index is 12.9. The Morgan fingerprint density at radius 1 is 1.20 bits per heavy atom. The monoisotopic (exact) mass is 203 g/mol. The third-order valence-corrected chi connectivity index (χ3v) is 1.93. The average molecular weight is 203 g/mol. The third kappa shape index (κ3) is 2.22. The van der Waals surface area contributed by atoms with E-state index in [2.05, 4.69) is 10.3 Å². The van der Waals surface area contributed by atoms with E-state index in [1.54, 1.807) is 30.5 Å². The summed E-state index contributed by atoms with van der Waals surface area (Å²) in [5.74, 6) is 0.234. The van der Waals surface area contributed by atoms with Crippen LogP contribution in [0.1, 0.15) is 0 Å². The molecule has 0 fully saturated rings. The maximum Gasteiger partial charge on any atom is 0.153 e. The highest BCUT2D eigenvalue weighted by Crippen LogP contribution is 2.19. The number of nitrogens with zero attached hydrogens (tertiary/aromatic N) is 1. The van der Waals surface area contributed by atoms with E-state index in [9.17, 15) is 4.39 Å². The van der Waals surface area contributed by atoms with Crippen molar-refractivity contribution >= 4 is 17.2 Å². The summed E-state index contributed by atoms with van der Waals surface area (Å²) < 4.78 is 12.9. The first-order chi connectivity index (χ1) is 7.25. The van der Waals surface area contributed by atoms with E-state index in [-0.39, 0.29) is 5.82 Å². The Balaban J connectivity index is 2.26. The molecule has 15 heavy (non-hydrogen) atoms. The lowest BCUT2D eigenvalue weighted by Gasteiger charge is -2.07. The van der Waals surface area contributed by atoms with Crippen LogP contribution < -0.4 is 11.1 Å². The summed E-state index contributed by atoms with van der Waals surface area (Å²) in [6.45, 7) is 0. The summed E-state index contributed by atoms with van der Waals surface area (Å²) in [7, 11) is 0. The van der Waals surface area contributed by atoms with Gasteiger partial charge in [0.05, 0.1) is 5.69 Å². The number of benzene rings is 1. The number of nitrogens with one attached hydrogen (secondary N) is 1. The SMILES string of the molecule is Nc1cccnc1Nc1cccc(F)c1. The van der Waals surface area contributed by atoms with Gasteiger partial charge in [-0.2, -0.15) is 0 Å². The molecule has 0 aliphatic heterocycles. The fraction of sp³-hybridized carbons (Fsp3) is 0. The number of rotatable bonds is 2. The summed E-state index contributed by atoms with van der Waals surface area (Å²) in [4.78, 5) is 4.04. The first kappa shape index (κ1) is 9.45. The number of pyridine rings is 1. The number of anilines is 3. The van der Waals surface area contributed by atoms with Gasteiger partial charge < -0.3 is 11.1 Å². The van der Waals surface area contributed by atoms with Crippen molar-refractivity contribution in [3.63, 3.8) is 0 Å². The van der Waals surface area contributed by atoms with Gasteiger partial charge in [-0.3, -0.25) is 0 Å². The standard InChI is InChI=1S/C11H10FN3/c12-8-3-1-4-9(7-8)15-11-10(13)5-2-6-14-11/h1-7H,13H2,(H,14,15). The molecule has 0 aliphatic rings. The van der Waals surface area contributed by atoms with E-state index in [0.29, 0.717) is 17.2 Å². The van der Waals surface area contributed by atoms with E-state index in [0.717, 1.165) is 0 Å². The van der Waals surface area contributed by atoms with Gasteiger partial charge >= 0.3 is 0 Å². The highest BCUT2D eigenvalue weighted by molar-refractivity contribution is 5.68. The molecule has 0 radical (unpaired) electrons. The molecule has 3 nitrogen and oxygen atoms in total. The first-order valence-corrected chi connectivity index (χ1v) is 4.49. The van der Waals surface area contributed by atoms with Gasteiger partial charge in [0, 0.05) is 11.9 Å². The van der Waals surface area contributed by atoms with Crippen LogP contribution in [0.2, 0.25) is 0 Å². The Morgan fingerprint density at radius 2 is 2.07 bits per heavy atom. The number of halogens is 1. The average Bonchev–Trinajstić information content (AvgIpc) is 2.22. The zero-order valence-electron chi connectivity index (χ0n) is 7.94. The molecule has 0 saturated heterocycles. The fourth-order valence-electron chi connectivity index (χ4n) is 1.23. The molecule has 2 aromatic rings. The van der Waals surface area contributed by atoms with Crippen molar-refractivity contribution in [2.75, 3.05) is 11.1 Å². The van der Waals surface area contributed by atoms with E-state index in [4.69, 9.17) is 5.73 Å². The van der Waals surface area contributed by atoms with Crippen LogP contribution in [0.5, 0.6) is 0 Å². The van der Waals surface area contributed by atoms with Crippen molar-refractivity contribution < 1.29 is 4.39 Å². The van der Waals surface area contributed by atoms with Gasteiger partial charge in [-0.1, -0.05) is 6.07 Å². The number of aromatic nitrogens is 1. The Hall–Kier alpha value is -2.10. The van der Waals surface area contributed by atoms with E-state index >= 15 is 0 Å². The minimum atomic E-state index is -0.297. The molecular weight excluding hydrogens is 193 g/mol. The lowest BCUT2D eigenvalue weighted by atomic mass is 10.3. The second-order valence-corrected chi connectivity index (χ2v) is 3.08. The molecule has 76 valence electrons. The molecule has 0 atom stereocenters. The largest absolute Gasteiger partial charge is 0.396 e. The van der Waals surface area contributed by atoms with Gasteiger partial charge in [-0.15, -0.1) is 0 Å². The molecule has 1 heterocycles. The van der Waals surface area contributed by atoms with Crippen molar-refractivity contribution in [3.05, 3.63) is 48.4 Å². The summed E-state index contributed by atoms with van der Waals surface area (Å²) in [6.07, 6.45) is 1.62. The Bertz CT molecular complexity index is 471. The quantitative estimate of drug-likeness (QED) is 0.788. The van der Waals surface area contributed by atoms with Crippen LogP contribution >= 0.6 is 0 Å². The summed E-state index contributed by atoms with van der Waals surface area (Å²) in [6, 6.07) is 9.61. The second-order valence-electron chi connectivity index (χ2n) is 3.08. The van der Waals surface area contributed by atoms with Crippen molar-refractivity contribution in [2.24, 2.45) is 0 Å². The number of hydrogen-bond acceptors (Lipinski definition) is 3. The molecule has 0 spiro atoms. The van der Waals surface area contributed by atoms with Gasteiger partial charge in [0.25, 0.3) is 0 Å². The van der Waals surface area contributed by atoms with E-state index < -0.39 is 0 Å². The van der Waals surface area contributed by atoms with Crippen molar-refractivity contribution in [1.29, 1.82) is 0 Å². The normalized spacial score (nSPS) is 9.93. The third-order valence-electron chi connectivity index (χ3n) is 1.93. The highest BCUT2D eigenvalue weighted by Gasteiger charge is 2.00. The van der Waals surface area contributed by atoms with Gasteiger partial charge in [0.15, 0.2) is 5.82 Å². The van der Waals surface area contributed by atoms with E-state index in [1.807, 2.05) is 0 Å². The highest BCUT2D eigenvalue weighted by atomic mass is 19.1. The number of nitrogens with two attached hydrogens (primary N) is 1. The topological polar surface area (TPSA) is 50.9 Å². The zero-order chi connectivity index (χ0) is 10.7. The molecule has 2 rings (SSSR count). The fourth-order valence-corrected chi connectivity index (χ4v) is 1.23. The lowest BCUT2D eigenvalue weighted by molar-refractivity contribution is 0.628. The van der Waals surface area contributed by atoms with Crippen LogP contribution in [0.3, 0.4) is 0 Å². The van der Waals surface area contributed by atoms with Crippen molar-refractivity contribution in [3.8, 4) is 0 Å². The molecule has 0 aliphatic carbocycles.